The van der Waals surface area contributed by atoms with Gasteiger partial charge in [0.05, 0.1) is 18.2 Å². The minimum absolute atomic E-state index is 0.0825. The Labute approximate surface area is 150 Å². The smallest absolute Gasteiger partial charge is 0.456 e. The van der Waals surface area contributed by atoms with Crippen molar-refractivity contribution in [2.45, 2.75) is 50.7 Å². The number of alkyl halides is 4. The largest absolute Gasteiger partial charge is 0.490 e. The molecule has 0 radical (unpaired) electrons. The van der Waals surface area contributed by atoms with Crippen LogP contribution in [0.2, 0.25) is 0 Å². The molecule has 1 aliphatic heterocycles. The Morgan fingerprint density at radius 3 is 2.62 bits per heavy atom. The van der Waals surface area contributed by atoms with Gasteiger partial charge in [-0.05, 0) is 19.4 Å². The highest BCUT2D eigenvalue weighted by molar-refractivity contribution is 5.75. The Bertz CT molecular complexity index is 596. The molecule has 1 aliphatic rings. The van der Waals surface area contributed by atoms with Gasteiger partial charge in [-0.25, -0.2) is 9.18 Å². The molecule has 1 aromatic rings. The molecule has 2 rings (SSSR count). The molecule has 0 aromatic heterocycles. The second-order valence-electron chi connectivity index (χ2n) is 6.88. The van der Waals surface area contributed by atoms with Gasteiger partial charge in [-0.15, -0.1) is 0 Å². The second-order valence-corrected chi connectivity index (χ2v) is 6.88. The molecule has 1 fully saturated rings. The number of benzene rings is 1. The third-order valence-electron chi connectivity index (χ3n) is 4.34. The van der Waals surface area contributed by atoms with Gasteiger partial charge in [0.2, 0.25) is 0 Å². The monoisotopic (exact) mass is 377 g/mol. The van der Waals surface area contributed by atoms with Crippen LogP contribution in [0.1, 0.15) is 25.8 Å². The molecule has 146 valence electrons. The molecule has 4 nitrogen and oxygen atoms in total. The number of morpholine rings is 1. The molecule has 1 aromatic carbocycles. The van der Waals surface area contributed by atoms with Gasteiger partial charge in [-0.2, -0.15) is 13.2 Å². The number of halogens is 4. The number of ether oxygens (including phenoxy) is 2. The Hall–Kier alpha value is -1.67. The fraction of sp³-hybridized carbons (Fsp3) is 0.611. The minimum atomic E-state index is -5.03. The van der Waals surface area contributed by atoms with Crippen molar-refractivity contribution in [2.75, 3.05) is 19.8 Å². The predicted octanol–water partition coefficient (Wildman–Crippen LogP) is 3.50. The van der Waals surface area contributed by atoms with E-state index < -0.39 is 36.6 Å². The molecule has 0 N–H and O–H groups in total. The topological polar surface area (TPSA) is 38.8 Å². The first-order chi connectivity index (χ1) is 12.1. The zero-order valence-electron chi connectivity index (χ0n) is 14.8. The van der Waals surface area contributed by atoms with Crippen LogP contribution in [0.25, 0.3) is 0 Å². The quantitative estimate of drug-likeness (QED) is 0.562. The minimum Gasteiger partial charge on any atom is -0.456 e. The van der Waals surface area contributed by atoms with Crippen molar-refractivity contribution in [1.29, 1.82) is 0 Å². The lowest BCUT2D eigenvalue weighted by Crippen LogP contribution is -2.56. The van der Waals surface area contributed by atoms with Gasteiger partial charge in [-0.3, -0.25) is 4.90 Å². The highest BCUT2D eigenvalue weighted by Crippen LogP contribution is 2.29. The van der Waals surface area contributed by atoms with E-state index in [0.717, 1.165) is 5.56 Å². The van der Waals surface area contributed by atoms with E-state index >= 15 is 0 Å². The van der Waals surface area contributed by atoms with Gasteiger partial charge in [0.1, 0.15) is 12.8 Å². The molecule has 3 unspecified atom stereocenters. The van der Waals surface area contributed by atoms with Crippen LogP contribution in [0.15, 0.2) is 30.3 Å². The van der Waals surface area contributed by atoms with E-state index in [2.05, 4.69) is 4.74 Å². The molecule has 26 heavy (non-hydrogen) atoms. The van der Waals surface area contributed by atoms with Crippen molar-refractivity contribution in [1.82, 2.24) is 4.90 Å². The molecule has 0 spiro atoms. The molecule has 3 atom stereocenters. The fourth-order valence-electron chi connectivity index (χ4n) is 3.17. The molecular weight excluding hydrogens is 354 g/mol. The molecular formula is C18H23F4NO3. The maximum Gasteiger partial charge on any atom is 0.490 e. The van der Waals surface area contributed by atoms with E-state index in [1.54, 1.807) is 6.92 Å². The summed E-state index contributed by atoms with van der Waals surface area (Å²) in [6.45, 7) is 3.50. The van der Waals surface area contributed by atoms with E-state index in [-0.39, 0.29) is 13.0 Å². The van der Waals surface area contributed by atoms with Crippen molar-refractivity contribution in [3.05, 3.63) is 35.9 Å². The third-order valence-corrected chi connectivity index (χ3v) is 4.34. The van der Waals surface area contributed by atoms with Gasteiger partial charge >= 0.3 is 12.1 Å². The van der Waals surface area contributed by atoms with Crippen molar-refractivity contribution >= 4 is 5.97 Å². The van der Waals surface area contributed by atoms with Gasteiger partial charge in [0.25, 0.3) is 0 Å². The van der Waals surface area contributed by atoms with Gasteiger partial charge in [0.15, 0.2) is 0 Å². The lowest BCUT2D eigenvalue weighted by molar-refractivity contribution is -0.208. The van der Waals surface area contributed by atoms with Crippen LogP contribution in [0.3, 0.4) is 0 Å². The summed E-state index contributed by atoms with van der Waals surface area (Å²) in [4.78, 5) is 12.9. The van der Waals surface area contributed by atoms with Crippen LogP contribution in [-0.4, -0.2) is 54.6 Å². The zero-order valence-corrected chi connectivity index (χ0v) is 14.8. The Morgan fingerprint density at radius 1 is 1.38 bits per heavy atom. The van der Waals surface area contributed by atoms with Gasteiger partial charge in [-0.1, -0.05) is 30.3 Å². The van der Waals surface area contributed by atoms with E-state index in [1.165, 1.54) is 6.92 Å². The first-order valence-corrected chi connectivity index (χ1v) is 8.39. The van der Waals surface area contributed by atoms with Crippen LogP contribution < -0.4 is 0 Å². The second kappa shape index (κ2) is 8.35. The first-order valence-electron chi connectivity index (χ1n) is 8.39. The Morgan fingerprint density at radius 2 is 2.04 bits per heavy atom. The molecule has 1 heterocycles. The van der Waals surface area contributed by atoms with Crippen molar-refractivity contribution in [3.8, 4) is 0 Å². The standard InChI is InChI=1S/C18H23F4NO3/c1-13(26-16(24)18(20,21)22)8-17(2)12-23(15(9-19)11-25-17)10-14-6-4-3-5-7-14/h3-7,13,15H,8-12H2,1-2H3. The van der Waals surface area contributed by atoms with Gasteiger partial charge in [0, 0.05) is 19.5 Å². The number of carbonyl (C=O) groups is 1. The lowest BCUT2D eigenvalue weighted by atomic mass is 9.94. The van der Waals surface area contributed by atoms with Crippen LogP contribution in [-0.2, 0) is 20.8 Å². The number of nitrogens with zero attached hydrogens (tertiary/aromatic N) is 1. The highest BCUT2D eigenvalue weighted by atomic mass is 19.4. The summed E-state index contributed by atoms with van der Waals surface area (Å²) in [5.74, 6) is -2.22. The van der Waals surface area contributed by atoms with Crippen LogP contribution in [0.4, 0.5) is 17.6 Å². The van der Waals surface area contributed by atoms with E-state index in [9.17, 15) is 22.4 Å². The third kappa shape index (κ3) is 5.67. The highest BCUT2D eigenvalue weighted by Gasteiger charge is 2.44. The maximum atomic E-state index is 13.3. The molecule has 0 saturated carbocycles. The number of carbonyl (C=O) groups excluding carboxylic acids is 1. The summed E-state index contributed by atoms with van der Waals surface area (Å²) in [7, 11) is 0. The summed E-state index contributed by atoms with van der Waals surface area (Å²) >= 11 is 0. The fourth-order valence-corrected chi connectivity index (χ4v) is 3.17. The number of esters is 1. The SMILES string of the molecule is CC(CC1(C)CN(Cc2ccccc2)C(CF)CO1)OC(=O)C(F)(F)F. The predicted molar refractivity (Wildman–Crippen MR) is 87.2 cm³/mol. The summed E-state index contributed by atoms with van der Waals surface area (Å²) < 4.78 is 60.5. The molecule has 0 aliphatic carbocycles. The summed E-state index contributed by atoms with van der Waals surface area (Å²) in [5, 5.41) is 0. The van der Waals surface area contributed by atoms with Crippen LogP contribution in [0.5, 0.6) is 0 Å². The van der Waals surface area contributed by atoms with E-state index in [0.29, 0.717) is 13.1 Å². The molecule has 8 heteroatoms. The average molecular weight is 377 g/mol. The van der Waals surface area contributed by atoms with E-state index in [1.807, 2.05) is 35.2 Å². The molecule has 0 bridgehead atoms. The average Bonchev–Trinajstić information content (AvgIpc) is 2.54. The van der Waals surface area contributed by atoms with Crippen molar-refractivity contribution in [3.63, 3.8) is 0 Å². The zero-order chi connectivity index (χ0) is 19.4. The van der Waals surface area contributed by atoms with Crippen LogP contribution in [0, 0.1) is 0 Å². The number of rotatable bonds is 6. The summed E-state index contributed by atoms with van der Waals surface area (Å²) in [5.41, 5.74) is 0.165. The lowest BCUT2D eigenvalue weighted by Gasteiger charge is -2.45. The first kappa shape index (κ1) is 20.6. The normalized spacial score (nSPS) is 25.7. The maximum absolute atomic E-state index is 13.3. The Kier molecular flexibility index (Phi) is 6.63. The summed E-state index contributed by atoms with van der Waals surface area (Å²) in [6, 6.07) is 9.09. The molecule has 1 saturated heterocycles. The van der Waals surface area contributed by atoms with E-state index in [4.69, 9.17) is 4.74 Å². The summed E-state index contributed by atoms with van der Waals surface area (Å²) in [6.07, 6.45) is -5.92. The van der Waals surface area contributed by atoms with Gasteiger partial charge < -0.3 is 9.47 Å². The Balaban J connectivity index is 2.00. The van der Waals surface area contributed by atoms with Crippen molar-refractivity contribution in [2.24, 2.45) is 0 Å². The van der Waals surface area contributed by atoms with Crippen molar-refractivity contribution < 1.29 is 31.8 Å². The van der Waals surface area contributed by atoms with Crippen LogP contribution >= 0.6 is 0 Å². The number of hydrogen-bond donors (Lipinski definition) is 0. The molecule has 0 amide bonds. The number of hydrogen-bond acceptors (Lipinski definition) is 4.